The van der Waals surface area contributed by atoms with E-state index in [1.165, 1.54) is 0 Å². The van der Waals surface area contributed by atoms with E-state index in [9.17, 15) is 4.79 Å². The minimum atomic E-state index is -0.109. The van der Waals surface area contributed by atoms with Gasteiger partial charge in [-0.05, 0) is 29.8 Å². The van der Waals surface area contributed by atoms with Gasteiger partial charge in [0.2, 0.25) is 0 Å². The third kappa shape index (κ3) is 2.49. The number of nitrogens with one attached hydrogen (secondary N) is 3. The van der Waals surface area contributed by atoms with Gasteiger partial charge in [-0.15, -0.1) is 0 Å². The van der Waals surface area contributed by atoms with Crippen LogP contribution in [0, 0.1) is 0 Å². The molecule has 0 spiro atoms. The molecule has 0 radical (unpaired) electrons. The summed E-state index contributed by atoms with van der Waals surface area (Å²) in [7, 11) is 0. The van der Waals surface area contributed by atoms with Gasteiger partial charge < -0.3 is 15.3 Å². The van der Waals surface area contributed by atoms with E-state index in [2.05, 4.69) is 38.5 Å². The molecule has 3 heterocycles. The van der Waals surface area contributed by atoms with Gasteiger partial charge in [-0.25, -0.2) is 0 Å². The number of carbonyl (C=O) groups excluding carboxylic acids is 1. The number of aromatic nitrogens is 3. The Labute approximate surface area is 171 Å². The lowest BCUT2D eigenvalue weighted by atomic mass is 10.0. The minimum Gasteiger partial charge on any atom is -0.354 e. The first kappa shape index (κ1) is 16.8. The van der Waals surface area contributed by atoms with Gasteiger partial charge in [0.25, 0.3) is 5.91 Å². The average molecular weight is 390 g/mol. The summed E-state index contributed by atoms with van der Waals surface area (Å²) < 4.78 is 0. The SMILES string of the molecule is O=C(NCc1cccnc1)c1cc2c3ccccc3[nH]c2c2c1[nH]c1ccccc12. The Balaban J connectivity index is 1.60. The molecule has 0 fully saturated rings. The molecule has 5 nitrogen and oxygen atoms in total. The zero-order chi connectivity index (χ0) is 20.1. The first-order valence-corrected chi connectivity index (χ1v) is 9.90. The zero-order valence-electron chi connectivity index (χ0n) is 16.1. The largest absolute Gasteiger partial charge is 0.354 e. The van der Waals surface area contributed by atoms with E-state index in [1.807, 2.05) is 48.5 Å². The van der Waals surface area contributed by atoms with Crippen molar-refractivity contribution in [1.29, 1.82) is 0 Å². The molecule has 0 atom stereocenters. The topological polar surface area (TPSA) is 73.6 Å². The van der Waals surface area contributed by atoms with Gasteiger partial charge in [0.05, 0.1) is 16.6 Å². The molecule has 3 N–H and O–H groups in total. The van der Waals surface area contributed by atoms with Gasteiger partial charge in [0.1, 0.15) is 0 Å². The first-order chi connectivity index (χ1) is 14.8. The molecule has 144 valence electrons. The van der Waals surface area contributed by atoms with Crippen LogP contribution >= 0.6 is 0 Å². The number of para-hydroxylation sites is 2. The fourth-order valence-electron chi connectivity index (χ4n) is 4.29. The highest BCUT2D eigenvalue weighted by atomic mass is 16.1. The summed E-state index contributed by atoms with van der Waals surface area (Å²) in [6.07, 6.45) is 3.49. The molecule has 0 saturated heterocycles. The molecular weight excluding hydrogens is 372 g/mol. The molecule has 6 aromatic rings. The molecule has 0 bridgehead atoms. The van der Waals surface area contributed by atoms with Crippen LogP contribution in [-0.2, 0) is 6.54 Å². The third-order valence-electron chi connectivity index (χ3n) is 5.68. The van der Waals surface area contributed by atoms with Crippen molar-refractivity contribution in [2.24, 2.45) is 0 Å². The number of rotatable bonds is 3. The van der Waals surface area contributed by atoms with Crippen molar-refractivity contribution >= 4 is 49.5 Å². The van der Waals surface area contributed by atoms with Crippen LogP contribution in [0.4, 0.5) is 0 Å². The predicted molar refractivity (Wildman–Crippen MR) is 121 cm³/mol. The number of aromatic amines is 2. The predicted octanol–water partition coefficient (Wildman–Crippen LogP) is 5.28. The molecule has 30 heavy (non-hydrogen) atoms. The summed E-state index contributed by atoms with van der Waals surface area (Å²) in [6.45, 7) is 0.431. The molecule has 6 rings (SSSR count). The van der Waals surface area contributed by atoms with E-state index in [0.29, 0.717) is 12.1 Å². The van der Waals surface area contributed by atoms with Gasteiger partial charge in [-0.2, -0.15) is 0 Å². The number of benzene rings is 3. The summed E-state index contributed by atoms with van der Waals surface area (Å²) in [5, 5.41) is 7.36. The van der Waals surface area contributed by atoms with Crippen LogP contribution in [0.15, 0.2) is 79.1 Å². The van der Waals surface area contributed by atoms with Crippen molar-refractivity contribution in [2.75, 3.05) is 0 Å². The molecule has 0 aliphatic rings. The monoisotopic (exact) mass is 390 g/mol. The number of fused-ring (bicyclic) bond motifs is 7. The Bertz CT molecular complexity index is 1560. The average Bonchev–Trinajstić information content (AvgIpc) is 3.36. The maximum Gasteiger partial charge on any atom is 0.253 e. The lowest BCUT2D eigenvalue weighted by Crippen LogP contribution is -2.23. The first-order valence-electron chi connectivity index (χ1n) is 9.90. The second kappa shape index (κ2) is 6.46. The molecule has 3 aromatic heterocycles. The summed E-state index contributed by atoms with van der Waals surface area (Å²) in [6, 6.07) is 22.2. The number of carbonyl (C=O) groups is 1. The Kier molecular flexibility index (Phi) is 3.62. The zero-order valence-corrected chi connectivity index (χ0v) is 16.1. The van der Waals surface area contributed by atoms with Crippen LogP contribution < -0.4 is 5.32 Å². The normalized spacial score (nSPS) is 11.6. The second-order valence-corrected chi connectivity index (χ2v) is 7.48. The van der Waals surface area contributed by atoms with Crippen molar-refractivity contribution in [3.63, 3.8) is 0 Å². The van der Waals surface area contributed by atoms with E-state index in [-0.39, 0.29) is 5.91 Å². The Morgan fingerprint density at radius 2 is 1.57 bits per heavy atom. The fraction of sp³-hybridized carbons (Fsp3) is 0.0400. The second-order valence-electron chi connectivity index (χ2n) is 7.48. The summed E-state index contributed by atoms with van der Waals surface area (Å²) in [5.74, 6) is -0.109. The highest BCUT2D eigenvalue weighted by Gasteiger charge is 2.19. The minimum absolute atomic E-state index is 0.109. The van der Waals surface area contributed by atoms with Crippen molar-refractivity contribution in [3.05, 3.63) is 90.3 Å². The van der Waals surface area contributed by atoms with E-state index in [4.69, 9.17) is 0 Å². The van der Waals surface area contributed by atoms with Crippen LogP contribution in [-0.4, -0.2) is 20.9 Å². The molecule has 3 aromatic carbocycles. The van der Waals surface area contributed by atoms with Gasteiger partial charge in [-0.1, -0.05) is 42.5 Å². The van der Waals surface area contributed by atoms with Crippen LogP contribution in [0.1, 0.15) is 15.9 Å². The van der Waals surface area contributed by atoms with Crippen LogP contribution in [0.25, 0.3) is 43.6 Å². The lowest BCUT2D eigenvalue weighted by molar-refractivity contribution is 0.0952. The third-order valence-corrected chi connectivity index (χ3v) is 5.68. The molecule has 1 amide bonds. The molecule has 5 heteroatoms. The van der Waals surface area contributed by atoms with E-state index in [0.717, 1.165) is 49.2 Å². The molecule has 0 unspecified atom stereocenters. The number of amides is 1. The van der Waals surface area contributed by atoms with Crippen molar-refractivity contribution in [1.82, 2.24) is 20.3 Å². The number of hydrogen-bond acceptors (Lipinski definition) is 2. The van der Waals surface area contributed by atoms with Crippen molar-refractivity contribution in [3.8, 4) is 0 Å². The van der Waals surface area contributed by atoms with E-state index >= 15 is 0 Å². The Morgan fingerprint density at radius 1 is 0.833 bits per heavy atom. The summed E-state index contributed by atoms with van der Waals surface area (Å²) in [5.41, 5.74) is 5.58. The fourth-order valence-corrected chi connectivity index (χ4v) is 4.29. The van der Waals surface area contributed by atoms with Crippen LogP contribution in [0.3, 0.4) is 0 Å². The number of pyridine rings is 1. The summed E-state index contributed by atoms with van der Waals surface area (Å²) >= 11 is 0. The molecular formula is C25H18N4O. The maximum atomic E-state index is 13.2. The quantitative estimate of drug-likeness (QED) is 0.385. The van der Waals surface area contributed by atoms with Crippen LogP contribution in [0.2, 0.25) is 0 Å². The van der Waals surface area contributed by atoms with Gasteiger partial charge >= 0.3 is 0 Å². The number of H-pyrrole nitrogens is 2. The highest BCUT2D eigenvalue weighted by molar-refractivity contribution is 6.28. The van der Waals surface area contributed by atoms with Crippen molar-refractivity contribution < 1.29 is 4.79 Å². The van der Waals surface area contributed by atoms with Crippen molar-refractivity contribution in [2.45, 2.75) is 6.54 Å². The van der Waals surface area contributed by atoms with E-state index in [1.54, 1.807) is 12.4 Å². The lowest BCUT2D eigenvalue weighted by Gasteiger charge is -2.07. The number of hydrogen-bond donors (Lipinski definition) is 3. The number of nitrogens with zero attached hydrogens (tertiary/aromatic N) is 1. The Hall–Kier alpha value is -4.12. The molecule has 0 aliphatic heterocycles. The summed E-state index contributed by atoms with van der Waals surface area (Å²) in [4.78, 5) is 24.4. The Morgan fingerprint density at radius 3 is 2.37 bits per heavy atom. The smallest absolute Gasteiger partial charge is 0.253 e. The van der Waals surface area contributed by atoms with Gasteiger partial charge in [0, 0.05) is 51.5 Å². The molecule has 0 saturated carbocycles. The van der Waals surface area contributed by atoms with Gasteiger partial charge in [0.15, 0.2) is 0 Å². The van der Waals surface area contributed by atoms with Gasteiger partial charge in [-0.3, -0.25) is 9.78 Å². The molecule has 0 aliphatic carbocycles. The van der Waals surface area contributed by atoms with Crippen LogP contribution in [0.5, 0.6) is 0 Å². The maximum absolute atomic E-state index is 13.2. The standard InChI is InChI=1S/C25H18N4O/c30-25(27-14-15-6-5-11-26-13-15)19-12-18-16-7-1-3-9-20(16)28-23(18)22-17-8-2-4-10-21(17)29-24(19)22/h1-13,28-29H,14H2,(H,27,30). The highest BCUT2D eigenvalue weighted by Crippen LogP contribution is 2.37. The van der Waals surface area contributed by atoms with E-state index < -0.39 is 0 Å².